The van der Waals surface area contributed by atoms with Crippen LogP contribution >= 0.6 is 0 Å². The average molecular weight is 342 g/mol. The van der Waals surface area contributed by atoms with Gasteiger partial charge in [0.05, 0.1) is 0 Å². The molecule has 0 aliphatic heterocycles. The van der Waals surface area contributed by atoms with Crippen LogP contribution in [0.3, 0.4) is 0 Å². The van der Waals surface area contributed by atoms with Gasteiger partial charge >= 0.3 is 12.3 Å². The van der Waals surface area contributed by atoms with Gasteiger partial charge in [0.15, 0.2) is 0 Å². The SMILES string of the molecule is O=C(O)/C=C/CCC1CCC(c2ccc(OC(F)(F)F)cc2)CC1. The number of hydrogen-bond acceptors (Lipinski definition) is 2. The molecule has 3 nitrogen and oxygen atoms in total. The molecule has 0 unspecified atom stereocenters. The topological polar surface area (TPSA) is 46.5 Å². The van der Waals surface area contributed by atoms with Crippen molar-refractivity contribution in [3.8, 4) is 5.75 Å². The highest BCUT2D eigenvalue weighted by Crippen LogP contribution is 2.38. The molecule has 24 heavy (non-hydrogen) atoms. The molecular weight excluding hydrogens is 321 g/mol. The van der Waals surface area contributed by atoms with E-state index in [9.17, 15) is 18.0 Å². The van der Waals surface area contributed by atoms with E-state index in [2.05, 4.69) is 4.74 Å². The molecule has 1 aromatic carbocycles. The lowest BCUT2D eigenvalue weighted by Crippen LogP contribution is -2.17. The molecule has 132 valence electrons. The molecule has 0 heterocycles. The fourth-order valence-corrected chi connectivity index (χ4v) is 3.24. The van der Waals surface area contributed by atoms with Crippen LogP contribution in [0.2, 0.25) is 0 Å². The lowest BCUT2D eigenvalue weighted by atomic mass is 9.77. The van der Waals surface area contributed by atoms with Crippen molar-refractivity contribution in [2.75, 3.05) is 0 Å². The molecule has 6 heteroatoms. The molecule has 1 aliphatic rings. The van der Waals surface area contributed by atoms with E-state index in [0.29, 0.717) is 11.8 Å². The van der Waals surface area contributed by atoms with Crippen molar-refractivity contribution in [3.05, 3.63) is 42.0 Å². The van der Waals surface area contributed by atoms with E-state index in [0.717, 1.165) is 44.1 Å². The Bertz CT molecular complexity index is 556. The Hall–Kier alpha value is -1.98. The Morgan fingerprint density at radius 2 is 1.79 bits per heavy atom. The summed E-state index contributed by atoms with van der Waals surface area (Å²) >= 11 is 0. The molecule has 1 fully saturated rings. The zero-order chi connectivity index (χ0) is 17.6. The molecule has 0 amide bonds. The summed E-state index contributed by atoms with van der Waals surface area (Å²) in [5, 5.41) is 8.54. The number of hydrogen-bond donors (Lipinski definition) is 1. The lowest BCUT2D eigenvalue weighted by Gasteiger charge is -2.28. The minimum absolute atomic E-state index is 0.190. The van der Waals surface area contributed by atoms with Gasteiger partial charge in [-0.2, -0.15) is 0 Å². The number of carboxylic acid groups (broad SMARTS) is 1. The third-order valence-corrected chi connectivity index (χ3v) is 4.43. The molecule has 1 aliphatic carbocycles. The maximum absolute atomic E-state index is 12.2. The van der Waals surface area contributed by atoms with Crippen LogP contribution < -0.4 is 4.74 Å². The first-order valence-corrected chi connectivity index (χ1v) is 8.08. The smallest absolute Gasteiger partial charge is 0.478 e. The number of allylic oxidation sites excluding steroid dienone is 1. The van der Waals surface area contributed by atoms with Crippen LogP contribution in [0, 0.1) is 5.92 Å². The summed E-state index contributed by atoms with van der Waals surface area (Å²) in [4.78, 5) is 10.4. The first-order valence-electron chi connectivity index (χ1n) is 8.08. The van der Waals surface area contributed by atoms with Crippen LogP contribution in [-0.2, 0) is 4.79 Å². The van der Waals surface area contributed by atoms with Gasteiger partial charge in [-0.1, -0.05) is 18.2 Å². The van der Waals surface area contributed by atoms with Gasteiger partial charge in [-0.15, -0.1) is 13.2 Å². The molecule has 1 aromatic rings. The summed E-state index contributed by atoms with van der Waals surface area (Å²) in [6.07, 6.45) is 4.09. The van der Waals surface area contributed by atoms with Crippen molar-refractivity contribution < 1.29 is 27.8 Å². The average Bonchev–Trinajstić information content (AvgIpc) is 2.51. The fourth-order valence-electron chi connectivity index (χ4n) is 3.24. The van der Waals surface area contributed by atoms with Gasteiger partial charge in [0.1, 0.15) is 5.75 Å². The second kappa shape index (κ2) is 8.22. The zero-order valence-electron chi connectivity index (χ0n) is 13.3. The predicted octanol–water partition coefficient (Wildman–Crippen LogP) is 5.28. The largest absolute Gasteiger partial charge is 0.573 e. The normalized spacial score (nSPS) is 21.8. The lowest BCUT2D eigenvalue weighted by molar-refractivity contribution is -0.274. The molecule has 2 rings (SSSR count). The summed E-state index contributed by atoms with van der Waals surface area (Å²) in [5.74, 6) is -0.148. The molecule has 1 N–H and O–H groups in total. The number of alkyl halides is 3. The van der Waals surface area contributed by atoms with Crippen LogP contribution in [-0.4, -0.2) is 17.4 Å². The Balaban J connectivity index is 1.78. The van der Waals surface area contributed by atoms with Gasteiger partial charge in [0.2, 0.25) is 0 Å². The van der Waals surface area contributed by atoms with E-state index >= 15 is 0 Å². The maximum atomic E-state index is 12.2. The second-order valence-corrected chi connectivity index (χ2v) is 6.15. The number of aliphatic carboxylic acids is 1. The first-order chi connectivity index (χ1) is 11.3. The Morgan fingerprint density at radius 1 is 1.17 bits per heavy atom. The predicted molar refractivity (Wildman–Crippen MR) is 83.8 cm³/mol. The molecule has 1 saturated carbocycles. The highest BCUT2D eigenvalue weighted by Gasteiger charge is 2.31. The summed E-state index contributed by atoms with van der Waals surface area (Å²) in [7, 11) is 0. The van der Waals surface area contributed by atoms with Crippen molar-refractivity contribution in [1.29, 1.82) is 0 Å². The number of carboxylic acids is 1. The number of ether oxygens (including phenoxy) is 1. The minimum atomic E-state index is -4.66. The summed E-state index contributed by atoms with van der Waals surface area (Å²) in [6, 6.07) is 6.15. The minimum Gasteiger partial charge on any atom is -0.478 e. The fraction of sp³-hybridized carbons (Fsp3) is 0.500. The van der Waals surface area contributed by atoms with Crippen molar-refractivity contribution in [2.24, 2.45) is 5.92 Å². The highest BCUT2D eigenvalue weighted by molar-refractivity contribution is 5.79. The van der Waals surface area contributed by atoms with Crippen molar-refractivity contribution in [1.82, 2.24) is 0 Å². The third kappa shape index (κ3) is 6.26. The van der Waals surface area contributed by atoms with Gasteiger partial charge in [0, 0.05) is 6.08 Å². The monoisotopic (exact) mass is 342 g/mol. The van der Waals surface area contributed by atoms with Crippen LogP contribution in [0.4, 0.5) is 13.2 Å². The summed E-state index contributed by atoms with van der Waals surface area (Å²) in [5.41, 5.74) is 1.05. The summed E-state index contributed by atoms with van der Waals surface area (Å²) < 4.78 is 40.3. The Labute approximate surface area is 139 Å². The van der Waals surface area contributed by atoms with Crippen molar-refractivity contribution in [3.63, 3.8) is 0 Å². The third-order valence-electron chi connectivity index (χ3n) is 4.43. The Kier molecular flexibility index (Phi) is 6.29. The molecule has 0 radical (unpaired) electrons. The molecular formula is C18H21F3O3. The zero-order valence-corrected chi connectivity index (χ0v) is 13.3. The highest BCUT2D eigenvalue weighted by atomic mass is 19.4. The molecule has 0 saturated heterocycles. The molecule has 0 aromatic heterocycles. The van der Waals surface area contributed by atoms with E-state index in [-0.39, 0.29) is 5.75 Å². The molecule has 0 bridgehead atoms. The quantitative estimate of drug-likeness (QED) is 0.716. The van der Waals surface area contributed by atoms with Gasteiger partial charge in [-0.05, 0) is 68.1 Å². The molecule has 0 spiro atoms. The number of rotatable bonds is 6. The standard InChI is InChI=1S/C18H21F3O3/c19-18(20,21)24-16-11-9-15(10-12-16)14-7-5-13(6-8-14)3-1-2-4-17(22)23/h2,4,9-14H,1,3,5-8H2,(H,22,23)/b4-2+. The van der Waals surface area contributed by atoms with Crippen LogP contribution in [0.5, 0.6) is 5.75 Å². The summed E-state index contributed by atoms with van der Waals surface area (Å²) in [6.45, 7) is 0. The Morgan fingerprint density at radius 3 is 2.33 bits per heavy atom. The van der Waals surface area contributed by atoms with Crippen molar-refractivity contribution in [2.45, 2.75) is 50.8 Å². The van der Waals surface area contributed by atoms with Crippen LogP contribution in [0.1, 0.15) is 50.0 Å². The first kappa shape index (κ1) is 18.4. The van der Waals surface area contributed by atoms with Gasteiger partial charge in [-0.25, -0.2) is 4.79 Å². The van der Waals surface area contributed by atoms with Gasteiger partial charge in [0.25, 0.3) is 0 Å². The van der Waals surface area contributed by atoms with E-state index in [1.807, 2.05) is 0 Å². The number of carbonyl (C=O) groups is 1. The number of halogens is 3. The van der Waals surface area contributed by atoms with Gasteiger partial charge < -0.3 is 9.84 Å². The van der Waals surface area contributed by atoms with Gasteiger partial charge in [-0.3, -0.25) is 0 Å². The number of benzene rings is 1. The van der Waals surface area contributed by atoms with E-state index in [1.54, 1.807) is 18.2 Å². The maximum Gasteiger partial charge on any atom is 0.573 e. The molecule has 0 atom stereocenters. The van der Waals surface area contributed by atoms with Crippen molar-refractivity contribution >= 4 is 5.97 Å². The van der Waals surface area contributed by atoms with E-state index in [4.69, 9.17) is 5.11 Å². The second-order valence-electron chi connectivity index (χ2n) is 6.15. The van der Waals surface area contributed by atoms with Crippen LogP contribution in [0.25, 0.3) is 0 Å². The van der Waals surface area contributed by atoms with E-state index < -0.39 is 12.3 Å². The van der Waals surface area contributed by atoms with E-state index in [1.165, 1.54) is 18.2 Å². The van der Waals surface area contributed by atoms with Crippen LogP contribution in [0.15, 0.2) is 36.4 Å².